The molecule has 0 radical (unpaired) electrons. The number of carbonyl (C=O) groups is 1. The number of nitrogens with zero attached hydrogens (tertiary/aromatic N) is 1. The molecule has 1 atom stereocenters. The number of rotatable bonds is 3. The molecule has 0 saturated carbocycles. The van der Waals surface area contributed by atoms with Gasteiger partial charge in [0.1, 0.15) is 5.82 Å². The first-order valence-electron chi connectivity index (χ1n) is 8.49. The summed E-state index contributed by atoms with van der Waals surface area (Å²) in [5.41, 5.74) is 0.695. The predicted octanol–water partition coefficient (Wildman–Crippen LogP) is 4.48. The molecule has 3 aromatic rings. The lowest BCUT2D eigenvalue weighted by molar-refractivity contribution is 0.208. The highest BCUT2D eigenvalue weighted by molar-refractivity contribution is 5.90. The van der Waals surface area contributed by atoms with Crippen molar-refractivity contribution in [1.82, 2.24) is 9.88 Å². The van der Waals surface area contributed by atoms with Gasteiger partial charge >= 0.3 is 6.03 Å². The number of anilines is 1. The Morgan fingerprint density at radius 1 is 1.07 bits per heavy atom. The van der Waals surface area contributed by atoms with Crippen molar-refractivity contribution in [1.29, 1.82) is 0 Å². The Morgan fingerprint density at radius 3 is 2.36 bits per heavy atom. The molecule has 0 aliphatic rings. The van der Waals surface area contributed by atoms with Crippen LogP contribution in [-0.4, -0.2) is 23.0 Å². The van der Waals surface area contributed by atoms with Crippen LogP contribution in [0.5, 0.6) is 0 Å². The average molecular weight is 389 g/mol. The number of aromatic nitrogens is 1. The van der Waals surface area contributed by atoms with E-state index in [1.807, 2.05) is 0 Å². The van der Waals surface area contributed by atoms with Gasteiger partial charge in [0.2, 0.25) is 0 Å². The maximum Gasteiger partial charge on any atom is 0.322 e. The number of benzene rings is 2. The second-order valence-electron chi connectivity index (χ2n) is 6.57. The van der Waals surface area contributed by atoms with Gasteiger partial charge < -0.3 is 15.2 Å². The van der Waals surface area contributed by atoms with E-state index in [4.69, 9.17) is 0 Å². The van der Waals surface area contributed by atoms with Gasteiger partial charge in [0.15, 0.2) is 11.6 Å². The Kier molecular flexibility index (Phi) is 5.13. The third-order valence-electron chi connectivity index (χ3n) is 4.74. The van der Waals surface area contributed by atoms with Crippen molar-refractivity contribution in [2.45, 2.75) is 19.9 Å². The fourth-order valence-corrected chi connectivity index (χ4v) is 2.94. The van der Waals surface area contributed by atoms with Crippen molar-refractivity contribution in [3.05, 3.63) is 75.5 Å². The smallest absolute Gasteiger partial charge is 0.322 e. The standard InChI is InChI=1S/C20H18F3N3O2/c1-10-6-12(4-5-16(10)21)25-20(28)26(3)11(2)15-9-24-19(27)14-8-18(23)17(22)7-13(14)15/h4-9,11H,1-3H3,(H,24,27)(H,25,28)/t11-/m1/s1. The number of hydrogen-bond acceptors (Lipinski definition) is 2. The topological polar surface area (TPSA) is 65.2 Å². The van der Waals surface area contributed by atoms with E-state index >= 15 is 0 Å². The number of urea groups is 1. The van der Waals surface area contributed by atoms with Gasteiger partial charge in [-0.05, 0) is 60.7 Å². The van der Waals surface area contributed by atoms with Crippen LogP contribution >= 0.6 is 0 Å². The van der Waals surface area contributed by atoms with Crippen molar-refractivity contribution in [2.75, 3.05) is 12.4 Å². The molecule has 0 aliphatic carbocycles. The summed E-state index contributed by atoms with van der Waals surface area (Å²) in [5.74, 6) is -2.59. The van der Waals surface area contributed by atoms with Crippen LogP contribution in [0.1, 0.15) is 24.1 Å². The predicted molar refractivity (Wildman–Crippen MR) is 101 cm³/mol. The van der Waals surface area contributed by atoms with Gasteiger partial charge in [-0.3, -0.25) is 4.79 Å². The highest BCUT2D eigenvalue weighted by Crippen LogP contribution is 2.27. The van der Waals surface area contributed by atoms with Gasteiger partial charge in [-0.2, -0.15) is 0 Å². The van der Waals surface area contributed by atoms with E-state index in [-0.39, 0.29) is 16.6 Å². The summed E-state index contributed by atoms with van der Waals surface area (Å²) < 4.78 is 40.6. The summed E-state index contributed by atoms with van der Waals surface area (Å²) in [5, 5.41) is 2.86. The number of amides is 2. The summed E-state index contributed by atoms with van der Waals surface area (Å²) in [4.78, 5) is 28.3. The Labute approximate surface area is 158 Å². The first-order chi connectivity index (χ1) is 13.2. The zero-order chi connectivity index (χ0) is 20.6. The summed E-state index contributed by atoms with van der Waals surface area (Å²) in [6.45, 7) is 3.27. The van der Waals surface area contributed by atoms with Crippen molar-refractivity contribution in [3.8, 4) is 0 Å². The van der Waals surface area contributed by atoms with E-state index < -0.39 is 29.3 Å². The summed E-state index contributed by atoms with van der Waals surface area (Å²) >= 11 is 0. The third kappa shape index (κ3) is 3.58. The number of halogens is 3. The second-order valence-corrected chi connectivity index (χ2v) is 6.57. The minimum absolute atomic E-state index is 0.00813. The van der Waals surface area contributed by atoms with Gasteiger partial charge in [-0.15, -0.1) is 0 Å². The van der Waals surface area contributed by atoms with E-state index in [1.165, 1.54) is 36.3 Å². The molecule has 146 valence electrons. The van der Waals surface area contributed by atoms with Crippen molar-refractivity contribution in [2.24, 2.45) is 0 Å². The lowest BCUT2D eigenvalue weighted by Crippen LogP contribution is -2.34. The molecular formula is C20H18F3N3O2. The number of hydrogen-bond donors (Lipinski definition) is 2. The minimum atomic E-state index is -1.12. The van der Waals surface area contributed by atoms with Gasteiger partial charge in [0, 0.05) is 18.9 Å². The van der Waals surface area contributed by atoms with Gasteiger partial charge in [-0.25, -0.2) is 18.0 Å². The van der Waals surface area contributed by atoms with E-state index in [0.29, 0.717) is 16.8 Å². The van der Waals surface area contributed by atoms with E-state index in [1.54, 1.807) is 13.8 Å². The van der Waals surface area contributed by atoms with Crippen molar-refractivity contribution in [3.63, 3.8) is 0 Å². The molecule has 2 N–H and O–H groups in total. The Morgan fingerprint density at radius 2 is 1.71 bits per heavy atom. The number of H-pyrrole nitrogens is 1. The van der Waals surface area contributed by atoms with Crippen LogP contribution < -0.4 is 10.9 Å². The monoisotopic (exact) mass is 389 g/mol. The molecule has 28 heavy (non-hydrogen) atoms. The molecule has 2 aromatic carbocycles. The molecule has 0 saturated heterocycles. The first-order valence-corrected chi connectivity index (χ1v) is 8.49. The molecule has 3 rings (SSSR count). The normalized spacial score (nSPS) is 12.1. The van der Waals surface area contributed by atoms with Gasteiger partial charge in [0.25, 0.3) is 5.56 Å². The average Bonchev–Trinajstić information content (AvgIpc) is 2.65. The zero-order valence-corrected chi connectivity index (χ0v) is 15.4. The Bertz CT molecular complexity index is 1130. The zero-order valence-electron chi connectivity index (χ0n) is 15.4. The van der Waals surface area contributed by atoms with Crippen LogP contribution in [0, 0.1) is 24.4 Å². The Hall–Kier alpha value is -3.29. The molecule has 2 amide bonds. The van der Waals surface area contributed by atoms with Crippen LogP contribution in [-0.2, 0) is 0 Å². The molecular weight excluding hydrogens is 371 g/mol. The van der Waals surface area contributed by atoms with Gasteiger partial charge in [-0.1, -0.05) is 0 Å². The number of aromatic amines is 1. The van der Waals surface area contributed by atoms with E-state index in [0.717, 1.165) is 12.1 Å². The fourth-order valence-electron chi connectivity index (χ4n) is 2.94. The van der Waals surface area contributed by atoms with Crippen molar-refractivity contribution < 1.29 is 18.0 Å². The number of aryl methyl sites for hydroxylation is 1. The summed E-state index contributed by atoms with van der Waals surface area (Å²) in [7, 11) is 1.52. The fraction of sp³-hybridized carbons (Fsp3) is 0.200. The number of fused-ring (bicyclic) bond motifs is 1. The first kappa shape index (κ1) is 19.5. The molecule has 0 bridgehead atoms. The lowest BCUT2D eigenvalue weighted by Gasteiger charge is -2.26. The third-order valence-corrected chi connectivity index (χ3v) is 4.74. The SMILES string of the molecule is Cc1cc(NC(=O)N(C)[C@H](C)c2c[nH]c(=O)c3cc(F)c(F)cc23)ccc1F. The molecule has 0 aliphatic heterocycles. The molecule has 1 aromatic heterocycles. The van der Waals surface area contributed by atoms with Crippen molar-refractivity contribution >= 4 is 22.5 Å². The highest BCUT2D eigenvalue weighted by Gasteiger charge is 2.21. The molecule has 1 heterocycles. The van der Waals surface area contributed by atoms with Crippen LogP contribution in [0.3, 0.4) is 0 Å². The molecule has 0 unspecified atom stereocenters. The van der Waals surface area contributed by atoms with E-state index in [9.17, 15) is 22.8 Å². The lowest BCUT2D eigenvalue weighted by atomic mass is 10.0. The Balaban J connectivity index is 1.92. The largest absolute Gasteiger partial charge is 0.328 e. The van der Waals surface area contributed by atoms with Crippen LogP contribution in [0.15, 0.2) is 41.3 Å². The number of carbonyl (C=O) groups excluding carboxylic acids is 1. The van der Waals surface area contributed by atoms with E-state index in [2.05, 4.69) is 10.3 Å². The minimum Gasteiger partial charge on any atom is -0.328 e. The quantitative estimate of drug-likeness (QED) is 0.694. The van der Waals surface area contributed by atoms with Crippen LogP contribution in [0.2, 0.25) is 0 Å². The number of nitrogens with one attached hydrogen (secondary N) is 2. The molecule has 8 heteroatoms. The molecule has 0 fully saturated rings. The molecule has 0 spiro atoms. The maximum absolute atomic E-state index is 13.7. The van der Waals surface area contributed by atoms with Crippen LogP contribution in [0.4, 0.5) is 23.7 Å². The highest BCUT2D eigenvalue weighted by atomic mass is 19.2. The summed E-state index contributed by atoms with van der Waals surface area (Å²) in [6, 6.07) is 4.90. The summed E-state index contributed by atoms with van der Waals surface area (Å²) in [6.07, 6.45) is 1.37. The van der Waals surface area contributed by atoms with Gasteiger partial charge in [0.05, 0.1) is 11.4 Å². The maximum atomic E-state index is 13.7. The second kappa shape index (κ2) is 7.38. The molecule has 5 nitrogen and oxygen atoms in total. The van der Waals surface area contributed by atoms with Crippen LogP contribution in [0.25, 0.3) is 10.8 Å². The number of pyridine rings is 1.